The molecule has 0 saturated carbocycles. The number of carbonyl (C=O) groups excluding carboxylic acids is 4. The third-order valence-corrected chi connectivity index (χ3v) is 14.2. The van der Waals surface area contributed by atoms with E-state index in [2.05, 4.69) is 41.2 Å². The Morgan fingerprint density at radius 1 is 0.910 bits per heavy atom. The Balaban J connectivity index is 0.00000840. The van der Waals surface area contributed by atoms with Gasteiger partial charge in [0.1, 0.15) is 6.61 Å². The number of methoxy groups -OCH3 is 1. The number of Topliss-reactive ketones (excluding diaryl/α,β-unsaturated/α-hetero) is 1. The van der Waals surface area contributed by atoms with Crippen LogP contribution in [0.1, 0.15) is 193 Å². The summed E-state index contributed by atoms with van der Waals surface area (Å²) in [4.78, 5) is 73.9. The number of aliphatic hydroxyl groups is 1. The van der Waals surface area contributed by atoms with Crippen LogP contribution < -0.4 is 9.97 Å². The Morgan fingerprint density at radius 2 is 1.55 bits per heavy atom. The maximum absolute atomic E-state index is 14.4. The van der Waals surface area contributed by atoms with Crippen LogP contribution in [-0.4, -0.2) is 75.9 Å². The van der Waals surface area contributed by atoms with E-state index in [-0.39, 0.29) is 70.8 Å². The molecule has 11 nitrogen and oxygen atoms in total. The summed E-state index contributed by atoms with van der Waals surface area (Å²) < 4.78 is 10.8. The minimum absolute atomic E-state index is 0. The van der Waals surface area contributed by atoms with Crippen molar-refractivity contribution in [3.05, 3.63) is 87.0 Å². The van der Waals surface area contributed by atoms with Crippen molar-refractivity contribution < 1.29 is 33.8 Å². The number of hydrogen-bond acceptors (Lipinski definition) is 9. The zero-order valence-electron chi connectivity index (χ0n) is 41.6. The minimum atomic E-state index is -2.74. The topological polar surface area (TPSA) is 161 Å². The van der Waals surface area contributed by atoms with Gasteiger partial charge in [-0.15, -0.1) is 22.1 Å². The largest absolute Gasteiger partial charge is 2.00 e. The average molecular weight is 923 g/mol. The van der Waals surface area contributed by atoms with Crippen molar-refractivity contribution in [3.8, 4) is 0 Å². The quantitative estimate of drug-likeness (QED) is 0.0356. The second kappa shape index (κ2) is 23.1. The molecule has 8 bridgehead atoms. The second-order valence-corrected chi connectivity index (χ2v) is 19.5. The molecule has 0 fully saturated rings. The van der Waals surface area contributed by atoms with Crippen LogP contribution in [0.3, 0.4) is 0 Å². The van der Waals surface area contributed by atoms with Crippen molar-refractivity contribution in [2.45, 2.75) is 157 Å². The number of nitrogens with zero attached hydrogens (tertiary/aromatic N) is 4. The Hall–Kier alpha value is -4.65. The predicted molar refractivity (Wildman–Crippen MR) is 267 cm³/mol. The number of carbonyl (C=O) groups is 4. The Morgan fingerprint density at radius 3 is 2.18 bits per heavy atom. The zero-order valence-corrected chi connectivity index (χ0v) is 43.1. The molecule has 3 aromatic heterocycles. The van der Waals surface area contributed by atoms with Crippen LogP contribution in [0.25, 0.3) is 39.3 Å². The number of ether oxygens (including phenoxy) is 2. The maximum Gasteiger partial charge on any atom is 2.00 e. The summed E-state index contributed by atoms with van der Waals surface area (Å²) in [6.07, 6.45) is 16.3. The molecule has 5 heterocycles. The molecule has 67 heavy (non-hydrogen) atoms. The van der Waals surface area contributed by atoms with E-state index in [1.165, 1.54) is 50.5 Å². The standard InChI is InChI=1S/C55H71N4O7.Mg/c1-12-38-35(8)42-27-43-36(9)40(23-24-48(61)66-26-25-34(7)22-16-21-33(6)20-15-19-32(5)18-14-17-31(3)4)51(58-43)50-52-49(53(62)55(50,64)54(63)65-11)37(10)44(59-52)28-46-39(13-2)41(30-60)47(57-46)29-45(38)56-42;/h12,25,27-33,36,40,64H,1,13-24,26H2,2-11H3,(H-,56,57,58,59,60,62);/q-1;+2/p-1/b34-25+;/t32-,33-,36+,40+,55-;/m1./s1. The van der Waals surface area contributed by atoms with Gasteiger partial charge in [0.2, 0.25) is 5.78 Å². The molecule has 5 atom stereocenters. The summed E-state index contributed by atoms with van der Waals surface area (Å²) in [5.74, 6) is -1.05. The number of aldehydes is 1. The van der Waals surface area contributed by atoms with Crippen LogP contribution in [0, 0.1) is 31.6 Å². The molecule has 3 aromatic rings. The summed E-state index contributed by atoms with van der Waals surface area (Å²) in [6, 6.07) is 5.36. The van der Waals surface area contributed by atoms with Crippen molar-refractivity contribution >= 4 is 86.3 Å². The molecular formula is C55H70MgN4O7. The molecule has 0 spiro atoms. The number of ketones is 1. The molecule has 354 valence electrons. The van der Waals surface area contributed by atoms with Crippen LogP contribution in [0.2, 0.25) is 0 Å². The van der Waals surface area contributed by atoms with Crippen LogP contribution in [0.4, 0.5) is 0 Å². The molecule has 0 aromatic carbocycles. The van der Waals surface area contributed by atoms with Crippen molar-refractivity contribution in [3.63, 3.8) is 0 Å². The van der Waals surface area contributed by atoms with E-state index in [1.807, 2.05) is 32.9 Å². The number of aromatic nitrogens is 4. The van der Waals surface area contributed by atoms with Crippen molar-refractivity contribution in [2.75, 3.05) is 13.7 Å². The fourth-order valence-corrected chi connectivity index (χ4v) is 10.1. The molecule has 1 aliphatic carbocycles. The van der Waals surface area contributed by atoms with Gasteiger partial charge in [0.15, 0.2) is 6.29 Å². The van der Waals surface area contributed by atoms with E-state index < -0.39 is 29.2 Å². The van der Waals surface area contributed by atoms with Gasteiger partial charge in [-0.1, -0.05) is 128 Å². The van der Waals surface area contributed by atoms with E-state index in [1.54, 1.807) is 25.1 Å². The normalized spacial score (nSPS) is 18.8. The first-order chi connectivity index (χ1) is 31.5. The van der Waals surface area contributed by atoms with Gasteiger partial charge in [0.25, 0.3) is 5.60 Å². The van der Waals surface area contributed by atoms with Gasteiger partial charge in [-0.25, -0.2) is 9.78 Å². The number of fused-ring (bicyclic) bond motifs is 8. The fraction of sp³-hybridized carbons (Fsp3) is 0.527. The van der Waals surface area contributed by atoms with E-state index in [9.17, 15) is 24.3 Å². The Kier molecular flexibility index (Phi) is 18.4. The third kappa shape index (κ3) is 11.3. The van der Waals surface area contributed by atoms with Crippen molar-refractivity contribution in [1.82, 2.24) is 19.9 Å². The van der Waals surface area contributed by atoms with Crippen LogP contribution in [0.15, 0.2) is 36.4 Å². The van der Waals surface area contributed by atoms with Gasteiger partial charge in [0.05, 0.1) is 24.2 Å². The Bertz CT molecular complexity index is 2600. The van der Waals surface area contributed by atoms with Crippen molar-refractivity contribution in [1.29, 1.82) is 0 Å². The van der Waals surface area contributed by atoms with Gasteiger partial charge in [0, 0.05) is 40.7 Å². The van der Waals surface area contributed by atoms with E-state index in [0.29, 0.717) is 62.7 Å². The molecule has 6 rings (SSSR count). The van der Waals surface area contributed by atoms with Crippen LogP contribution in [0.5, 0.6) is 0 Å². The van der Waals surface area contributed by atoms with Gasteiger partial charge in [-0.05, 0) is 87.5 Å². The monoisotopic (exact) mass is 923 g/mol. The molecule has 0 saturated heterocycles. The number of esters is 2. The first-order valence-electron chi connectivity index (χ1n) is 24.1. The van der Waals surface area contributed by atoms with E-state index >= 15 is 0 Å². The number of allylic oxidation sites excluding steroid dienone is 3. The molecular weight excluding hydrogens is 853 g/mol. The van der Waals surface area contributed by atoms with E-state index in [4.69, 9.17) is 29.4 Å². The number of rotatable bonds is 21. The molecule has 0 amide bonds. The zero-order chi connectivity index (χ0) is 48.0. The van der Waals surface area contributed by atoms with Gasteiger partial charge in [-0.3, -0.25) is 19.4 Å². The average Bonchev–Trinajstić information content (AvgIpc) is 4.01. The minimum Gasteiger partial charge on any atom is -0.657 e. The SMILES string of the molecule is C=Cc1c(C)c2cc3nc(c4c5[n-]c(cc6nc(cc1[n-]2)C(C=O)=C6CC)c(C)c5C(=O)[C@@]4(O)C(=O)OC)[C@@H](CCC(=O)OC/C=C(\C)CCC[C@H](C)CCC[C@H](C)CCCC(C)C)[C@@H]3C.[Mg+2]. The smallest absolute Gasteiger partial charge is 0.657 e. The first-order valence-corrected chi connectivity index (χ1v) is 24.1. The summed E-state index contributed by atoms with van der Waals surface area (Å²) in [5, 5.41) is 12.3. The van der Waals surface area contributed by atoms with Gasteiger partial charge >= 0.3 is 35.0 Å². The summed E-state index contributed by atoms with van der Waals surface area (Å²) in [5.41, 5.74) is 5.09. The third-order valence-electron chi connectivity index (χ3n) is 14.2. The van der Waals surface area contributed by atoms with Crippen molar-refractivity contribution in [2.24, 2.45) is 17.8 Å². The molecule has 2 aliphatic heterocycles. The van der Waals surface area contributed by atoms with E-state index in [0.717, 1.165) is 49.2 Å². The molecule has 1 N–H and O–H groups in total. The maximum atomic E-state index is 14.4. The molecule has 0 unspecified atom stereocenters. The molecule has 0 radical (unpaired) electrons. The Labute approximate surface area is 413 Å². The molecule has 3 aliphatic rings. The first kappa shape index (κ1) is 53.3. The summed E-state index contributed by atoms with van der Waals surface area (Å²) in [7, 11) is 1.12. The predicted octanol–water partition coefficient (Wildman–Crippen LogP) is 11.1. The number of hydrogen-bond donors (Lipinski definition) is 1. The number of aryl methyl sites for hydroxylation is 2. The van der Waals surface area contributed by atoms with Crippen LogP contribution in [-0.2, 0) is 29.5 Å². The van der Waals surface area contributed by atoms with Crippen LogP contribution >= 0.6 is 0 Å². The summed E-state index contributed by atoms with van der Waals surface area (Å²) in [6.45, 7) is 23.2. The summed E-state index contributed by atoms with van der Waals surface area (Å²) >= 11 is 0. The fourth-order valence-electron chi connectivity index (χ4n) is 10.1. The van der Waals surface area contributed by atoms with Gasteiger partial charge < -0.3 is 24.5 Å². The van der Waals surface area contributed by atoms with Gasteiger partial charge in [-0.2, -0.15) is 0 Å². The second-order valence-electron chi connectivity index (χ2n) is 19.5. The molecule has 12 heteroatoms.